The number of aryl methyl sites for hydroxylation is 1. The van der Waals surface area contributed by atoms with Crippen molar-refractivity contribution < 1.29 is 8.42 Å². The number of nitrogens with one attached hydrogen (secondary N) is 1. The first-order chi connectivity index (χ1) is 8.47. The number of nitrogen functional groups attached to an aromatic ring is 1. The van der Waals surface area contributed by atoms with Crippen molar-refractivity contribution >= 4 is 27.2 Å². The fourth-order valence-electron chi connectivity index (χ4n) is 1.32. The van der Waals surface area contributed by atoms with Gasteiger partial charge in [-0.05, 0) is 13.0 Å². The average molecular weight is 284 g/mol. The maximum absolute atomic E-state index is 11.9. The maximum Gasteiger partial charge on any atom is 0.241 e. The SMILES string of the molecule is Cc1csc(CNS(=O)(=O)c2ccnc(N)c2)n1. The standard InChI is InChI=1S/C10H12N4O2S2/c1-7-6-17-10(14-7)5-13-18(15,16)8-2-3-12-9(11)4-8/h2-4,6,13H,5H2,1H3,(H2,11,12). The zero-order chi connectivity index (χ0) is 13.2. The van der Waals surface area contributed by atoms with Crippen LogP contribution in [0.4, 0.5) is 5.82 Å². The van der Waals surface area contributed by atoms with Gasteiger partial charge in [-0.3, -0.25) is 0 Å². The fraction of sp³-hybridized carbons (Fsp3) is 0.200. The van der Waals surface area contributed by atoms with Gasteiger partial charge < -0.3 is 5.73 Å². The third-order valence-corrected chi connectivity index (χ3v) is 4.51. The van der Waals surface area contributed by atoms with Crippen molar-refractivity contribution in [2.45, 2.75) is 18.4 Å². The quantitative estimate of drug-likeness (QED) is 0.869. The molecule has 0 aromatic carbocycles. The molecule has 2 aromatic rings. The van der Waals surface area contributed by atoms with Crippen LogP contribution < -0.4 is 10.5 Å². The summed E-state index contributed by atoms with van der Waals surface area (Å²) in [6.07, 6.45) is 1.36. The predicted molar refractivity (Wildman–Crippen MR) is 69.5 cm³/mol. The Hall–Kier alpha value is -1.51. The highest BCUT2D eigenvalue weighted by molar-refractivity contribution is 7.89. The summed E-state index contributed by atoms with van der Waals surface area (Å²) in [4.78, 5) is 8.03. The van der Waals surface area contributed by atoms with Gasteiger partial charge in [-0.2, -0.15) is 0 Å². The normalized spacial score (nSPS) is 11.6. The van der Waals surface area contributed by atoms with Gasteiger partial charge in [0, 0.05) is 23.3 Å². The molecule has 6 nitrogen and oxygen atoms in total. The lowest BCUT2D eigenvalue weighted by atomic mass is 10.5. The second-order valence-corrected chi connectivity index (χ2v) is 6.33. The van der Waals surface area contributed by atoms with Gasteiger partial charge in [0.1, 0.15) is 10.8 Å². The molecule has 0 unspecified atom stereocenters. The molecule has 0 radical (unpaired) electrons. The van der Waals surface area contributed by atoms with Gasteiger partial charge in [0.05, 0.1) is 11.4 Å². The first-order valence-corrected chi connectivity index (χ1v) is 7.46. The van der Waals surface area contributed by atoms with Crippen LogP contribution in [0.5, 0.6) is 0 Å². The van der Waals surface area contributed by atoms with E-state index in [1.54, 1.807) is 0 Å². The number of nitrogens with zero attached hydrogens (tertiary/aromatic N) is 2. The zero-order valence-corrected chi connectivity index (χ0v) is 11.3. The highest BCUT2D eigenvalue weighted by Crippen LogP contribution is 2.12. The van der Waals surface area contributed by atoms with Gasteiger partial charge in [0.2, 0.25) is 10.0 Å². The van der Waals surface area contributed by atoms with Crippen molar-refractivity contribution in [3.63, 3.8) is 0 Å². The third-order valence-electron chi connectivity index (χ3n) is 2.14. The van der Waals surface area contributed by atoms with E-state index >= 15 is 0 Å². The van der Waals surface area contributed by atoms with E-state index in [2.05, 4.69) is 14.7 Å². The minimum atomic E-state index is -3.58. The largest absolute Gasteiger partial charge is 0.384 e. The van der Waals surface area contributed by atoms with Crippen molar-refractivity contribution in [2.75, 3.05) is 5.73 Å². The van der Waals surface area contributed by atoms with Crippen LogP contribution in [0.25, 0.3) is 0 Å². The molecule has 0 aliphatic carbocycles. The van der Waals surface area contributed by atoms with Crippen molar-refractivity contribution in [3.8, 4) is 0 Å². The number of nitrogens with two attached hydrogens (primary N) is 1. The summed E-state index contributed by atoms with van der Waals surface area (Å²) >= 11 is 1.41. The lowest BCUT2D eigenvalue weighted by Crippen LogP contribution is -2.23. The summed E-state index contributed by atoms with van der Waals surface area (Å²) in [5.41, 5.74) is 6.33. The summed E-state index contributed by atoms with van der Waals surface area (Å²) in [5.74, 6) is 0.169. The summed E-state index contributed by atoms with van der Waals surface area (Å²) < 4.78 is 26.4. The molecule has 2 heterocycles. The molecule has 0 saturated heterocycles. The Morgan fingerprint density at radius 2 is 2.28 bits per heavy atom. The zero-order valence-electron chi connectivity index (χ0n) is 9.62. The van der Waals surface area contributed by atoms with Gasteiger partial charge >= 0.3 is 0 Å². The number of thiazole rings is 1. The minimum Gasteiger partial charge on any atom is -0.384 e. The fourth-order valence-corrected chi connectivity index (χ4v) is 3.13. The smallest absolute Gasteiger partial charge is 0.241 e. The number of aromatic nitrogens is 2. The van der Waals surface area contributed by atoms with E-state index in [1.807, 2.05) is 12.3 Å². The molecule has 8 heteroatoms. The Morgan fingerprint density at radius 1 is 1.50 bits per heavy atom. The van der Waals surface area contributed by atoms with Gasteiger partial charge in [-0.25, -0.2) is 23.1 Å². The van der Waals surface area contributed by atoms with Crippen LogP contribution in [0.2, 0.25) is 0 Å². The molecule has 0 atom stereocenters. The Kier molecular flexibility index (Phi) is 3.60. The second-order valence-electron chi connectivity index (χ2n) is 3.62. The van der Waals surface area contributed by atoms with Crippen LogP contribution in [0.3, 0.4) is 0 Å². The first-order valence-electron chi connectivity index (χ1n) is 5.09. The monoisotopic (exact) mass is 284 g/mol. The van der Waals surface area contributed by atoms with Crippen molar-refractivity contribution in [2.24, 2.45) is 0 Å². The van der Waals surface area contributed by atoms with Gasteiger partial charge in [-0.15, -0.1) is 11.3 Å². The molecule has 0 amide bonds. The van der Waals surface area contributed by atoms with Gasteiger partial charge in [0.25, 0.3) is 0 Å². The van der Waals surface area contributed by atoms with E-state index in [1.165, 1.54) is 29.7 Å². The maximum atomic E-state index is 11.9. The number of hydrogen-bond donors (Lipinski definition) is 2. The number of hydrogen-bond acceptors (Lipinski definition) is 6. The Bertz CT molecular complexity index is 651. The summed E-state index contributed by atoms with van der Waals surface area (Å²) in [6.45, 7) is 2.03. The average Bonchev–Trinajstić information content (AvgIpc) is 2.73. The molecule has 96 valence electrons. The van der Waals surface area contributed by atoms with Crippen molar-refractivity contribution in [1.29, 1.82) is 0 Å². The number of sulfonamides is 1. The predicted octanol–water partition coefficient (Wildman–Crippen LogP) is 0.907. The van der Waals surface area contributed by atoms with Crippen LogP contribution in [-0.4, -0.2) is 18.4 Å². The molecule has 0 fully saturated rings. The van der Waals surface area contributed by atoms with E-state index in [9.17, 15) is 8.42 Å². The molecular formula is C10H12N4O2S2. The Morgan fingerprint density at radius 3 is 2.89 bits per heavy atom. The molecule has 2 aromatic heterocycles. The molecule has 18 heavy (non-hydrogen) atoms. The topological polar surface area (TPSA) is 98.0 Å². The number of rotatable bonds is 4. The Labute approximate surface area is 109 Å². The van der Waals surface area contributed by atoms with Gasteiger partial charge in [0.15, 0.2) is 0 Å². The third kappa shape index (κ3) is 3.03. The van der Waals surface area contributed by atoms with Crippen LogP contribution in [0.15, 0.2) is 28.6 Å². The van der Waals surface area contributed by atoms with E-state index in [0.29, 0.717) is 0 Å². The van der Waals surface area contributed by atoms with Crippen molar-refractivity contribution in [3.05, 3.63) is 34.4 Å². The molecule has 0 spiro atoms. The lowest BCUT2D eigenvalue weighted by Gasteiger charge is -2.05. The van der Waals surface area contributed by atoms with E-state index < -0.39 is 10.0 Å². The molecule has 0 bridgehead atoms. The summed E-state index contributed by atoms with van der Waals surface area (Å²) in [7, 11) is -3.58. The molecule has 0 aliphatic rings. The minimum absolute atomic E-state index is 0.100. The lowest BCUT2D eigenvalue weighted by molar-refractivity contribution is 0.581. The van der Waals surface area contributed by atoms with E-state index in [0.717, 1.165) is 10.7 Å². The molecule has 2 rings (SSSR count). The van der Waals surface area contributed by atoms with E-state index in [4.69, 9.17) is 5.73 Å². The molecule has 0 aliphatic heterocycles. The van der Waals surface area contributed by atoms with E-state index in [-0.39, 0.29) is 17.3 Å². The number of pyridine rings is 1. The van der Waals surface area contributed by atoms with Gasteiger partial charge in [-0.1, -0.05) is 0 Å². The highest BCUT2D eigenvalue weighted by atomic mass is 32.2. The molecule has 0 saturated carbocycles. The van der Waals surface area contributed by atoms with Crippen LogP contribution in [-0.2, 0) is 16.6 Å². The summed E-state index contributed by atoms with van der Waals surface area (Å²) in [5, 5.41) is 2.59. The number of anilines is 1. The molecule has 3 N–H and O–H groups in total. The second kappa shape index (κ2) is 5.01. The Balaban J connectivity index is 2.13. The summed E-state index contributed by atoms with van der Waals surface area (Å²) in [6, 6.07) is 2.71. The van der Waals surface area contributed by atoms with Crippen LogP contribution >= 0.6 is 11.3 Å². The van der Waals surface area contributed by atoms with Crippen molar-refractivity contribution in [1.82, 2.24) is 14.7 Å². The van der Waals surface area contributed by atoms with Crippen LogP contribution in [0.1, 0.15) is 10.7 Å². The van der Waals surface area contributed by atoms with Crippen LogP contribution in [0, 0.1) is 6.92 Å². The first kappa shape index (κ1) is 12.9. The highest BCUT2D eigenvalue weighted by Gasteiger charge is 2.14. The molecular weight excluding hydrogens is 272 g/mol.